The molecule has 0 radical (unpaired) electrons. The molecule has 4 nitrogen and oxygen atoms in total. The quantitative estimate of drug-likeness (QED) is 0.786. The van der Waals surface area contributed by atoms with E-state index < -0.39 is 0 Å². The van der Waals surface area contributed by atoms with Crippen LogP contribution in [0.25, 0.3) is 5.65 Å². The minimum absolute atomic E-state index is 0.195. The van der Waals surface area contributed by atoms with Gasteiger partial charge in [0, 0.05) is 19.2 Å². The molecule has 1 N–H and O–H groups in total. The molecule has 0 aliphatic rings. The third-order valence-corrected chi connectivity index (χ3v) is 2.19. The SMILES string of the molecule is Cc1ccn2c(CCCO)nnc2c1. The number of aliphatic hydroxyl groups excluding tert-OH is 1. The third kappa shape index (κ3) is 1.61. The van der Waals surface area contributed by atoms with Gasteiger partial charge in [-0.2, -0.15) is 0 Å². The van der Waals surface area contributed by atoms with Gasteiger partial charge in [-0.1, -0.05) is 0 Å². The van der Waals surface area contributed by atoms with Crippen LogP contribution in [-0.4, -0.2) is 26.3 Å². The fourth-order valence-electron chi connectivity index (χ4n) is 1.45. The molecule has 0 saturated carbocycles. The van der Waals surface area contributed by atoms with Gasteiger partial charge in [-0.25, -0.2) is 0 Å². The van der Waals surface area contributed by atoms with E-state index in [1.54, 1.807) is 0 Å². The number of fused-ring (bicyclic) bond motifs is 1. The van der Waals surface area contributed by atoms with Crippen LogP contribution in [-0.2, 0) is 6.42 Å². The van der Waals surface area contributed by atoms with Crippen LogP contribution in [0.2, 0.25) is 0 Å². The second-order valence-corrected chi connectivity index (χ2v) is 3.38. The largest absolute Gasteiger partial charge is 0.396 e. The third-order valence-electron chi connectivity index (χ3n) is 2.19. The van der Waals surface area contributed by atoms with Crippen molar-refractivity contribution >= 4 is 5.65 Å². The molecule has 2 aromatic rings. The Kier molecular flexibility index (Phi) is 2.45. The average molecular weight is 191 g/mol. The maximum Gasteiger partial charge on any atom is 0.161 e. The number of rotatable bonds is 3. The molecule has 0 fully saturated rings. The van der Waals surface area contributed by atoms with Crippen molar-refractivity contribution < 1.29 is 5.11 Å². The highest BCUT2D eigenvalue weighted by molar-refractivity contribution is 5.40. The van der Waals surface area contributed by atoms with Crippen LogP contribution >= 0.6 is 0 Å². The molecule has 0 saturated heterocycles. The first-order valence-corrected chi connectivity index (χ1v) is 4.72. The van der Waals surface area contributed by atoms with E-state index in [-0.39, 0.29) is 6.61 Å². The molecule has 2 rings (SSSR count). The topological polar surface area (TPSA) is 50.4 Å². The van der Waals surface area contributed by atoms with Gasteiger partial charge in [0.1, 0.15) is 5.82 Å². The van der Waals surface area contributed by atoms with Gasteiger partial charge < -0.3 is 5.11 Å². The second kappa shape index (κ2) is 3.75. The van der Waals surface area contributed by atoms with Crippen LogP contribution < -0.4 is 0 Å². The van der Waals surface area contributed by atoms with E-state index in [1.807, 2.05) is 29.7 Å². The molecular formula is C10H13N3O. The van der Waals surface area contributed by atoms with Crippen LogP contribution in [0.4, 0.5) is 0 Å². The van der Waals surface area contributed by atoms with Crippen molar-refractivity contribution in [2.75, 3.05) is 6.61 Å². The summed E-state index contributed by atoms with van der Waals surface area (Å²) in [6.07, 6.45) is 3.47. The Morgan fingerprint density at radius 1 is 1.43 bits per heavy atom. The van der Waals surface area contributed by atoms with Gasteiger partial charge in [0.05, 0.1) is 0 Å². The Balaban J connectivity index is 2.37. The fourth-order valence-corrected chi connectivity index (χ4v) is 1.45. The molecule has 0 amide bonds. The first-order chi connectivity index (χ1) is 6.81. The predicted molar refractivity (Wildman–Crippen MR) is 53.1 cm³/mol. The van der Waals surface area contributed by atoms with Crippen molar-refractivity contribution in [1.82, 2.24) is 14.6 Å². The number of nitrogens with zero attached hydrogens (tertiary/aromatic N) is 3. The minimum atomic E-state index is 0.195. The van der Waals surface area contributed by atoms with E-state index in [0.29, 0.717) is 0 Å². The number of aryl methyl sites for hydroxylation is 2. The molecule has 0 aliphatic heterocycles. The van der Waals surface area contributed by atoms with Crippen LogP contribution in [0, 0.1) is 6.92 Å². The molecule has 0 spiro atoms. The van der Waals surface area contributed by atoms with Crippen molar-refractivity contribution in [1.29, 1.82) is 0 Å². The first kappa shape index (κ1) is 9.15. The lowest BCUT2D eigenvalue weighted by molar-refractivity contribution is 0.287. The number of hydrogen-bond donors (Lipinski definition) is 1. The van der Waals surface area contributed by atoms with Gasteiger partial charge >= 0.3 is 0 Å². The van der Waals surface area contributed by atoms with Crippen LogP contribution in [0.3, 0.4) is 0 Å². The lowest BCUT2D eigenvalue weighted by atomic mass is 10.3. The first-order valence-electron chi connectivity index (χ1n) is 4.72. The fraction of sp³-hybridized carbons (Fsp3) is 0.400. The molecule has 14 heavy (non-hydrogen) atoms. The monoisotopic (exact) mass is 191 g/mol. The summed E-state index contributed by atoms with van der Waals surface area (Å²) in [6, 6.07) is 4.02. The predicted octanol–water partition coefficient (Wildman–Crippen LogP) is 0.963. The van der Waals surface area contributed by atoms with Crippen molar-refractivity contribution in [2.45, 2.75) is 19.8 Å². The second-order valence-electron chi connectivity index (χ2n) is 3.38. The van der Waals surface area contributed by atoms with Crippen LogP contribution in [0.5, 0.6) is 0 Å². The Labute approximate surface area is 82.2 Å². The highest BCUT2D eigenvalue weighted by Crippen LogP contribution is 2.07. The zero-order chi connectivity index (χ0) is 9.97. The molecule has 4 heteroatoms. The van der Waals surface area contributed by atoms with E-state index in [2.05, 4.69) is 10.2 Å². The summed E-state index contributed by atoms with van der Waals surface area (Å²) in [4.78, 5) is 0. The van der Waals surface area contributed by atoms with Crippen molar-refractivity contribution in [2.24, 2.45) is 0 Å². The molecule has 0 unspecified atom stereocenters. The van der Waals surface area contributed by atoms with Gasteiger partial charge in [0.2, 0.25) is 0 Å². The number of aliphatic hydroxyl groups is 1. The van der Waals surface area contributed by atoms with Crippen LogP contribution in [0.15, 0.2) is 18.3 Å². The Hall–Kier alpha value is -1.42. The zero-order valence-electron chi connectivity index (χ0n) is 8.14. The summed E-state index contributed by atoms with van der Waals surface area (Å²) in [6.45, 7) is 2.23. The summed E-state index contributed by atoms with van der Waals surface area (Å²) < 4.78 is 1.96. The Bertz CT molecular complexity index is 436. The van der Waals surface area contributed by atoms with E-state index >= 15 is 0 Å². The maximum atomic E-state index is 8.72. The van der Waals surface area contributed by atoms with E-state index in [4.69, 9.17) is 5.11 Å². The lowest BCUT2D eigenvalue weighted by Crippen LogP contribution is -1.96. The molecule has 74 valence electrons. The van der Waals surface area contributed by atoms with Crippen molar-refractivity contribution in [3.05, 3.63) is 29.7 Å². The Morgan fingerprint density at radius 3 is 3.07 bits per heavy atom. The van der Waals surface area contributed by atoms with Crippen molar-refractivity contribution in [3.63, 3.8) is 0 Å². The molecule has 2 heterocycles. The number of hydrogen-bond acceptors (Lipinski definition) is 3. The maximum absolute atomic E-state index is 8.72. The molecule has 0 bridgehead atoms. The van der Waals surface area contributed by atoms with E-state index in [1.165, 1.54) is 5.56 Å². The molecule has 0 atom stereocenters. The molecule has 0 aliphatic carbocycles. The summed E-state index contributed by atoms with van der Waals surface area (Å²) in [5, 5.41) is 16.9. The minimum Gasteiger partial charge on any atom is -0.396 e. The standard InChI is InChI=1S/C10H13N3O/c1-8-4-5-13-9(3-2-6-14)11-12-10(13)7-8/h4-5,7,14H,2-3,6H2,1H3. The summed E-state index contributed by atoms with van der Waals surface area (Å²) >= 11 is 0. The van der Waals surface area contributed by atoms with Gasteiger partial charge in [0.15, 0.2) is 5.65 Å². The molecule has 0 aromatic carbocycles. The number of pyridine rings is 1. The molecular weight excluding hydrogens is 178 g/mol. The highest BCUT2D eigenvalue weighted by Gasteiger charge is 2.03. The van der Waals surface area contributed by atoms with Gasteiger partial charge in [-0.15, -0.1) is 10.2 Å². The smallest absolute Gasteiger partial charge is 0.161 e. The van der Waals surface area contributed by atoms with Crippen molar-refractivity contribution in [3.8, 4) is 0 Å². The summed E-state index contributed by atoms with van der Waals surface area (Å²) in [7, 11) is 0. The van der Waals surface area contributed by atoms with Gasteiger partial charge in [-0.3, -0.25) is 4.40 Å². The van der Waals surface area contributed by atoms with Gasteiger partial charge in [-0.05, 0) is 31.0 Å². The average Bonchev–Trinajstić information content (AvgIpc) is 2.57. The highest BCUT2D eigenvalue weighted by atomic mass is 16.2. The van der Waals surface area contributed by atoms with Crippen LogP contribution in [0.1, 0.15) is 17.8 Å². The summed E-state index contributed by atoms with van der Waals surface area (Å²) in [5.74, 6) is 0.911. The normalized spacial score (nSPS) is 11.0. The zero-order valence-corrected chi connectivity index (χ0v) is 8.14. The van der Waals surface area contributed by atoms with Gasteiger partial charge in [0.25, 0.3) is 0 Å². The lowest BCUT2D eigenvalue weighted by Gasteiger charge is -1.98. The summed E-state index contributed by atoms with van der Waals surface area (Å²) in [5.41, 5.74) is 2.05. The Morgan fingerprint density at radius 2 is 2.29 bits per heavy atom. The number of aromatic nitrogens is 3. The van der Waals surface area contributed by atoms with E-state index in [9.17, 15) is 0 Å². The molecule has 2 aromatic heterocycles. The van der Waals surface area contributed by atoms with E-state index in [0.717, 1.165) is 24.3 Å².